The predicted molar refractivity (Wildman–Crippen MR) is 129 cm³/mol. The Hall–Kier alpha value is -3.72. The first kappa shape index (κ1) is 24.4. The lowest BCUT2D eigenvalue weighted by Crippen LogP contribution is -2.41. The quantitative estimate of drug-likeness (QED) is 0.464. The van der Waals surface area contributed by atoms with E-state index in [-0.39, 0.29) is 24.5 Å². The molecule has 1 aliphatic rings. The van der Waals surface area contributed by atoms with E-state index in [4.69, 9.17) is 14.0 Å². The van der Waals surface area contributed by atoms with Gasteiger partial charge in [-0.05, 0) is 43.5 Å². The Balaban J connectivity index is 1.46. The number of likely N-dealkylation sites (N-methyl/N-ethyl adjacent to an activating group) is 1. The molecule has 2 aromatic carbocycles. The van der Waals surface area contributed by atoms with Crippen LogP contribution in [0.4, 0.5) is 0 Å². The summed E-state index contributed by atoms with van der Waals surface area (Å²) in [6.45, 7) is 1.51. The number of para-hydroxylation sites is 1. The topological polar surface area (TPSA) is 98.0 Å². The van der Waals surface area contributed by atoms with E-state index in [1.54, 1.807) is 42.2 Å². The average molecular weight is 479 g/mol. The van der Waals surface area contributed by atoms with Crippen molar-refractivity contribution < 1.29 is 23.6 Å². The van der Waals surface area contributed by atoms with Gasteiger partial charge < -0.3 is 23.8 Å². The Morgan fingerprint density at radius 3 is 2.77 bits per heavy atom. The standard InChI is InChI=1S/C26H30N4O5/c1-29(15-16-33-2)26(32)20-10-8-9-19(17-20)24-27-25(35-28-24)22-13-6-7-14-30(22)23(31)18-34-21-11-4-3-5-12-21/h3-5,8-12,17,22H,6-7,13-16,18H2,1-2H3/t22-/m1/s1. The lowest BCUT2D eigenvalue weighted by molar-refractivity contribution is -0.138. The summed E-state index contributed by atoms with van der Waals surface area (Å²) in [5.74, 6) is 1.19. The number of likely N-dealkylation sites (tertiary alicyclic amines) is 1. The van der Waals surface area contributed by atoms with Crippen LogP contribution in [0.3, 0.4) is 0 Å². The second-order valence-electron chi connectivity index (χ2n) is 8.46. The van der Waals surface area contributed by atoms with Crippen LogP contribution in [0.2, 0.25) is 0 Å². The number of piperidine rings is 1. The molecule has 9 heteroatoms. The number of carbonyl (C=O) groups excluding carboxylic acids is 2. The van der Waals surface area contributed by atoms with Crippen LogP contribution >= 0.6 is 0 Å². The first-order valence-electron chi connectivity index (χ1n) is 11.7. The smallest absolute Gasteiger partial charge is 0.261 e. The van der Waals surface area contributed by atoms with E-state index >= 15 is 0 Å². The van der Waals surface area contributed by atoms with E-state index in [1.165, 1.54) is 0 Å². The number of amides is 2. The van der Waals surface area contributed by atoms with Gasteiger partial charge in [-0.15, -0.1) is 0 Å². The first-order valence-corrected chi connectivity index (χ1v) is 11.7. The largest absolute Gasteiger partial charge is 0.484 e. The minimum Gasteiger partial charge on any atom is -0.484 e. The molecule has 1 aliphatic heterocycles. The minimum absolute atomic E-state index is 0.0533. The van der Waals surface area contributed by atoms with Gasteiger partial charge in [0.15, 0.2) is 6.61 Å². The summed E-state index contributed by atoms with van der Waals surface area (Å²) in [7, 11) is 3.33. The van der Waals surface area contributed by atoms with Crippen LogP contribution in [0.15, 0.2) is 59.1 Å². The van der Waals surface area contributed by atoms with Crippen molar-refractivity contribution in [2.45, 2.75) is 25.3 Å². The number of hydrogen-bond donors (Lipinski definition) is 0. The van der Waals surface area contributed by atoms with Crippen molar-refractivity contribution in [2.75, 3.05) is 40.5 Å². The molecule has 0 unspecified atom stereocenters. The highest BCUT2D eigenvalue weighted by Crippen LogP contribution is 2.31. The summed E-state index contributed by atoms with van der Waals surface area (Å²) in [4.78, 5) is 33.6. The Labute approximate surface area is 204 Å². The van der Waals surface area contributed by atoms with E-state index in [2.05, 4.69) is 10.1 Å². The van der Waals surface area contributed by atoms with E-state index in [0.717, 1.165) is 19.3 Å². The zero-order valence-electron chi connectivity index (χ0n) is 20.1. The van der Waals surface area contributed by atoms with Crippen molar-refractivity contribution in [3.8, 4) is 17.1 Å². The summed E-state index contributed by atoms with van der Waals surface area (Å²) in [5, 5.41) is 4.14. The van der Waals surface area contributed by atoms with Gasteiger partial charge in [0.05, 0.1) is 6.61 Å². The minimum atomic E-state index is -0.304. The summed E-state index contributed by atoms with van der Waals surface area (Å²) in [5.41, 5.74) is 1.20. The molecule has 1 aromatic heterocycles. The molecule has 0 spiro atoms. The fourth-order valence-electron chi connectivity index (χ4n) is 4.06. The molecule has 1 atom stereocenters. The predicted octanol–water partition coefficient (Wildman–Crippen LogP) is 3.59. The maximum absolute atomic E-state index is 13.0. The van der Waals surface area contributed by atoms with E-state index < -0.39 is 0 Å². The van der Waals surface area contributed by atoms with Crippen LogP contribution in [0.5, 0.6) is 5.75 Å². The Kier molecular flexibility index (Phi) is 8.10. The van der Waals surface area contributed by atoms with Crippen molar-refractivity contribution in [1.29, 1.82) is 0 Å². The molecule has 0 aliphatic carbocycles. The van der Waals surface area contributed by atoms with Crippen molar-refractivity contribution in [3.05, 3.63) is 66.1 Å². The molecule has 184 valence electrons. The van der Waals surface area contributed by atoms with Crippen molar-refractivity contribution in [3.63, 3.8) is 0 Å². The summed E-state index contributed by atoms with van der Waals surface area (Å²) >= 11 is 0. The van der Waals surface area contributed by atoms with E-state index in [0.29, 0.717) is 48.3 Å². The third kappa shape index (κ3) is 6.05. The van der Waals surface area contributed by atoms with Gasteiger partial charge in [-0.2, -0.15) is 4.98 Å². The van der Waals surface area contributed by atoms with Gasteiger partial charge in [0, 0.05) is 38.4 Å². The molecule has 0 N–H and O–H groups in total. The molecule has 0 saturated carbocycles. The van der Waals surface area contributed by atoms with Crippen LogP contribution in [0, 0.1) is 0 Å². The Morgan fingerprint density at radius 2 is 1.97 bits per heavy atom. The molecule has 1 fully saturated rings. The number of aromatic nitrogens is 2. The van der Waals surface area contributed by atoms with Gasteiger partial charge in [-0.1, -0.05) is 35.5 Å². The molecular formula is C26H30N4O5. The number of hydrogen-bond acceptors (Lipinski definition) is 7. The lowest BCUT2D eigenvalue weighted by Gasteiger charge is -2.33. The van der Waals surface area contributed by atoms with Gasteiger partial charge in [-0.25, -0.2) is 0 Å². The maximum Gasteiger partial charge on any atom is 0.261 e. The molecule has 9 nitrogen and oxygen atoms in total. The summed E-state index contributed by atoms with van der Waals surface area (Å²) in [6, 6.07) is 16.1. The number of nitrogens with zero attached hydrogens (tertiary/aromatic N) is 4. The first-order chi connectivity index (χ1) is 17.1. The van der Waals surface area contributed by atoms with Crippen LogP contribution in [-0.2, 0) is 9.53 Å². The SMILES string of the molecule is COCCN(C)C(=O)c1cccc(-c2noc([C@H]3CCCCN3C(=O)COc3ccccc3)n2)c1. The highest BCUT2D eigenvalue weighted by atomic mass is 16.5. The monoisotopic (exact) mass is 478 g/mol. The Bertz CT molecular complexity index is 1130. The number of ether oxygens (including phenoxy) is 2. The molecule has 2 heterocycles. The highest BCUT2D eigenvalue weighted by molar-refractivity contribution is 5.95. The van der Waals surface area contributed by atoms with Crippen LogP contribution in [0.1, 0.15) is 41.6 Å². The third-order valence-electron chi connectivity index (χ3n) is 6.00. The average Bonchev–Trinajstić information content (AvgIpc) is 3.41. The second-order valence-corrected chi connectivity index (χ2v) is 8.46. The van der Waals surface area contributed by atoms with Crippen molar-refractivity contribution >= 4 is 11.8 Å². The molecule has 35 heavy (non-hydrogen) atoms. The van der Waals surface area contributed by atoms with Gasteiger partial charge in [0.2, 0.25) is 11.7 Å². The zero-order valence-corrected chi connectivity index (χ0v) is 20.1. The van der Waals surface area contributed by atoms with Crippen molar-refractivity contribution in [1.82, 2.24) is 19.9 Å². The second kappa shape index (κ2) is 11.6. The Morgan fingerprint density at radius 1 is 1.14 bits per heavy atom. The van der Waals surface area contributed by atoms with Crippen LogP contribution in [0.25, 0.3) is 11.4 Å². The molecule has 3 aromatic rings. The van der Waals surface area contributed by atoms with Crippen LogP contribution < -0.4 is 4.74 Å². The van der Waals surface area contributed by atoms with E-state index in [9.17, 15) is 9.59 Å². The van der Waals surface area contributed by atoms with Gasteiger partial charge in [-0.3, -0.25) is 9.59 Å². The number of carbonyl (C=O) groups is 2. The van der Waals surface area contributed by atoms with Crippen molar-refractivity contribution in [2.24, 2.45) is 0 Å². The maximum atomic E-state index is 13.0. The fraction of sp³-hybridized carbons (Fsp3) is 0.385. The normalized spacial score (nSPS) is 15.6. The van der Waals surface area contributed by atoms with Gasteiger partial charge in [0.25, 0.3) is 11.8 Å². The molecule has 4 rings (SSSR count). The molecule has 1 saturated heterocycles. The molecular weight excluding hydrogens is 448 g/mol. The van der Waals surface area contributed by atoms with Gasteiger partial charge in [0.1, 0.15) is 11.8 Å². The lowest BCUT2D eigenvalue weighted by atomic mass is 10.0. The highest BCUT2D eigenvalue weighted by Gasteiger charge is 2.32. The fourth-order valence-corrected chi connectivity index (χ4v) is 4.06. The van der Waals surface area contributed by atoms with Crippen LogP contribution in [-0.4, -0.2) is 72.2 Å². The third-order valence-corrected chi connectivity index (χ3v) is 6.00. The molecule has 2 amide bonds. The summed E-state index contributed by atoms with van der Waals surface area (Å²) < 4.78 is 16.3. The zero-order chi connectivity index (χ0) is 24.6. The molecule has 0 bridgehead atoms. The number of methoxy groups -OCH3 is 1. The molecule has 0 radical (unpaired) electrons. The summed E-state index contributed by atoms with van der Waals surface area (Å²) in [6.07, 6.45) is 2.61. The van der Waals surface area contributed by atoms with E-state index in [1.807, 2.05) is 36.4 Å². The number of benzene rings is 2. The number of rotatable bonds is 9. The van der Waals surface area contributed by atoms with Gasteiger partial charge >= 0.3 is 0 Å².